The first-order chi connectivity index (χ1) is 7.82. The van der Waals surface area contributed by atoms with Crippen molar-refractivity contribution in [3.05, 3.63) is 28.5 Å². The maximum atomic E-state index is 13.3. The van der Waals surface area contributed by atoms with Crippen molar-refractivity contribution in [2.45, 2.75) is 20.0 Å². The van der Waals surface area contributed by atoms with Crippen LogP contribution < -0.4 is 5.46 Å². The third-order valence-electron chi connectivity index (χ3n) is 1.93. The summed E-state index contributed by atoms with van der Waals surface area (Å²) in [5, 5.41) is 17.7. The van der Waals surface area contributed by atoms with Gasteiger partial charge in [-0.25, -0.2) is 9.18 Å². The average Bonchev–Trinajstić information content (AvgIpc) is 2.15. The van der Waals surface area contributed by atoms with Crippen LogP contribution in [0.25, 0.3) is 0 Å². The summed E-state index contributed by atoms with van der Waals surface area (Å²) in [6.07, 6.45) is -0.355. The van der Waals surface area contributed by atoms with E-state index in [1.165, 1.54) is 0 Å². The molecular weight excluding hydrogens is 249 g/mol. The van der Waals surface area contributed by atoms with Crippen LogP contribution in [-0.2, 0) is 4.74 Å². The molecule has 0 aliphatic carbocycles. The lowest BCUT2D eigenvalue weighted by Gasteiger charge is -2.11. The van der Waals surface area contributed by atoms with Crippen molar-refractivity contribution < 1.29 is 24.0 Å². The topological polar surface area (TPSA) is 66.8 Å². The molecule has 1 rings (SSSR count). The van der Waals surface area contributed by atoms with E-state index in [1.54, 1.807) is 13.8 Å². The monoisotopic (exact) mass is 260 g/mol. The normalized spacial score (nSPS) is 10.5. The van der Waals surface area contributed by atoms with Gasteiger partial charge in [0.05, 0.1) is 16.7 Å². The van der Waals surface area contributed by atoms with Crippen LogP contribution in [0.4, 0.5) is 4.39 Å². The van der Waals surface area contributed by atoms with Gasteiger partial charge in [0, 0.05) is 5.46 Å². The van der Waals surface area contributed by atoms with Crippen molar-refractivity contribution >= 4 is 30.2 Å². The van der Waals surface area contributed by atoms with Crippen LogP contribution in [-0.4, -0.2) is 29.2 Å². The molecule has 0 atom stereocenters. The summed E-state index contributed by atoms with van der Waals surface area (Å²) in [5.74, 6) is -1.64. The third-order valence-corrected chi connectivity index (χ3v) is 2.24. The first-order valence-electron chi connectivity index (χ1n) is 4.89. The molecular formula is C10H11BClFO4. The lowest BCUT2D eigenvalue weighted by atomic mass is 9.79. The van der Waals surface area contributed by atoms with Gasteiger partial charge < -0.3 is 14.8 Å². The van der Waals surface area contributed by atoms with Gasteiger partial charge in [-0.05, 0) is 26.0 Å². The highest BCUT2D eigenvalue weighted by Gasteiger charge is 2.22. The number of halogens is 2. The molecule has 0 amide bonds. The van der Waals surface area contributed by atoms with Crippen molar-refractivity contribution in [2.24, 2.45) is 0 Å². The summed E-state index contributed by atoms with van der Waals surface area (Å²) in [6.45, 7) is 3.30. The highest BCUT2D eigenvalue weighted by atomic mass is 35.5. The quantitative estimate of drug-likeness (QED) is 0.621. The molecule has 0 saturated carbocycles. The number of esters is 1. The second-order valence-corrected chi connectivity index (χ2v) is 4.09. The molecule has 1 aromatic carbocycles. The average molecular weight is 260 g/mol. The number of carbonyl (C=O) groups excluding carboxylic acids is 1. The van der Waals surface area contributed by atoms with Crippen LogP contribution in [0.1, 0.15) is 24.2 Å². The Hall–Kier alpha value is -1.11. The fourth-order valence-corrected chi connectivity index (χ4v) is 1.43. The molecule has 0 fully saturated rings. The Labute approximate surface area is 103 Å². The van der Waals surface area contributed by atoms with Gasteiger partial charge in [0.2, 0.25) is 0 Å². The molecule has 0 aliphatic rings. The predicted molar refractivity (Wildman–Crippen MR) is 61.8 cm³/mol. The number of benzene rings is 1. The molecule has 0 aliphatic heterocycles. The minimum absolute atomic E-state index is 0.107. The van der Waals surface area contributed by atoms with E-state index in [0.717, 1.165) is 12.1 Å². The van der Waals surface area contributed by atoms with Crippen LogP contribution in [0.3, 0.4) is 0 Å². The maximum Gasteiger partial charge on any atom is 0.491 e. The third kappa shape index (κ3) is 3.42. The molecule has 4 nitrogen and oxygen atoms in total. The maximum absolute atomic E-state index is 13.3. The van der Waals surface area contributed by atoms with Gasteiger partial charge in [0.25, 0.3) is 0 Å². The molecule has 0 spiro atoms. The smallest absolute Gasteiger partial charge is 0.459 e. The Morgan fingerprint density at radius 3 is 2.53 bits per heavy atom. The number of hydrogen-bond acceptors (Lipinski definition) is 4. The summed E-state index contributed by atoms with van der Waals surface area (Å²) in [5.41, 5.74) is -0.532. The summed E-state index contributed by atoms with van der Waals surface area (Å²) >= 11 is 5.68. The van der Waals surface area contributed by atoms with Crippen LogP contribution >= 0.6 is 11.6 Å². The fraction of sp³-hybridized carbons (Fsp3) is 0.300. The molecule has 0 bridgehead atoms. The zero-order valence-corrected chi connectivity index (χ0v) is 10.0. The zero-order chi connectivity index (χ0) is 13.2. The summed E-state index contributed by atoms with van der Waals surface area (Å²) in [4.78, 5) is 11.6. The van der Waals surface area contributed by atoms with E-state index in [4.69, 9.17) is 26.4 Å². The van der Waals surface area contributed by atoms with Gasteiger partial charge >= 0.3 is 13.1 Å². The number of rotatable bonds is 3. The van der Waals surface area contributed by atoms with Crippen molar-refractivity contribution in [3.63, 3.8) is 0 Å². The second kappa shape index (κ2) is 5.49. The van der Waals surface area contributed by atoms with E-state index in [0.29, 0.717) is 0 Å². The van der Waals surface area contributed by atoms with Crippen LogP contribution in [0, 0.1) is 5.82 Å². The summed E-state index contributed by atoms with van der Waals surface area (Å²) < 4.78 is 18.1. The minimum atomic E-state index is -2.02. The van der Waals surface area contributed by atoms with Gasteiger partial charge in [0.1, 0.15) is 5.82 Å². The van der Waals surface area contributed by atoms with Crippen molar-refractivity contribution in [2.75, 3.05) is 0 Å². The SMILES string of the molecule is CC(C)OC(=O)c1cc(B(O)O)c(F)cc1Cl. The Morgan fingerprint density at radius 2 is 2.06 bits per heavy atom. The summed E-state index contributed by atoms with van der Waals surface area (Å²) in [6, 6.07) is 1.81. The number of carbonyl (C=O) groups is 1. The number of ether oxygens (including phenoxy) is 1. The van der Waals surface area contributed by atoms with Crippen molar-refractivity contribution in [3.8, 4) is 0 Å². The Kier molecular flexibility index (Phi) is 4.50. The highest BCUT2D eigenvalue weighted by Crippen LogP contribution is 2.18. The molecule has 0 heterocycles. The molecule has 0 aromatic heterocycles. The van der Waals surface area contributed by atoms with Gasteiger partial charge in [-0.15, -0.1) is 0 Å². The van der Waals surface area contributed by atoms with E-state index in [-0.39, 0.29) is 16.7 Å². The van der Waals surface area contributed by atoms with Gasteiger partial charge in [-0.2, -0.15) is 0 Å². The lowest BCUT2D eigenvalue weighted by Crippen LogP contribution is -2.33. The van der Waals surface area contributed by atoms with Gasteiger partial charge in [-0.1, -0.05) is 11.6 Å². The van der Waals surface area contributed by atoms with Gasteiger partial charge in [0.15, 0.2) is 0 Å². The largest absolute Gasteiger partial charge is 0.491 e. The number of hydrogen-bond donors (Lipinski definition) is 2. The summed E-state index contributed by atoms with van der Waals surface area (Å²) in [7, 11) is -2.02. The Morgan fingerprint density at radius 1 is 1.47 bits per heavy atom. The van der Waals surface area contributed by atoms with Crippen LogP contribution in [0.2, 0.25) is 5.02 Å². The van der Waals surface area contributed by atoms with E-state index in [1.807, 2.05) is 0 Å². The first-order valence-corrected chi connectivity index (χ1v) is 5.26. The standard InChI is InChI=1S/C10H11BClFO4/c1-5(2)17-10(14)6-3-7(11(15)16)9(13)4-8(6)12/h3-5,15-16H,1-2H3. The molecule has 92 valence electrons. The van der Waals surface area contributed by atoms with E-state index >= 15 is 0 Å². The molecule has 0 radical (unpaired) electrons. The Balaban J connectivity index is 3.16. The molecule has 0 saturated heterocycles. The van der Waals surface area contributed by atoms with E-state index in [9.17, 15) is 9.18 Å². The fourth-order valence-electron chi connectivity index (χ4n) is 1.20. The van der Waals surface area contributed by atoms with E-state index in [2.05, 4.69) is 0 Å². The predicted octanol–water partition coefficient (Wildman–Crippen LogP) is 0.724. The molecule has 0 unspecified atom stereocenters. The highest BCUT2D eigenvalue weighted by molar-refractivity contribution is 6.59. The molecule has 2 N–H and O–H groups in total. The van der Waals surface area contributed by atoms with E-state index < -0.39 is 24.4 Å². The lowest BCUT2D eigenvalue weighted by molar-refractivity contribution is 0.0378. The first kappa shape index (κ1) is 14.0. The van der Waals surface area contributed by atoms with Crippen molar-refractivity contribution in [1.82, 2.24) is 0 Å². The second-order valence-electron chi connectivity index (χ2n) is 3.68. The minimum Gasteiger partial charge on any atom is -0.459 e. The Bertz CT molecular complexity index is 437. The van der Waals surface area contributed by atoms with Gasteiger partial charge in [-0.3, -0.25) is 0 Å². The zero-order valence-electron chi connectivity index (χ0n) is 9.28. The van der Waals surface area contributed by atoms with Crippen LogP contribution in [0.15, 0.2) is 12.1 Å². The molecule has 17 heavy (non-hydrogen) atoms. The van der Waals surface area contributed by atoms with Crippen LogP contribution in [0.5, 0.6) is 0 Å². The van der Waals surface area contributed by atoms with Crippen molar-refractivity contribution in [1.29, 1.82) is 0 Å². The molecule has 7 heteroatoms. The molecule has 1 aromatic rings.